The number of piperidine rings is 2. The summed E-state index contributed by atoms with van der Waals surface area (Å²) in [6.45, 7) is 4.68. The van der Waals surface area contributed by atoms with Gasteiger partial charge in [-0.15, -0.1) is 0 Å². The van der Waals surface area contributed by atoms with Gasteiger partial charge in [0.2, 0.25) is 5.91 Å². The van der Waals surface area contributed by atoms with Crippen molar-refractivity contribution in [2.75, 3.05) is 26.2 Å². The van der Waals surface area contributed by atoms with Crippen LogP contribution in [0.4, 0.5) is 4.39 Å². The molecule has 1 amide bonds. The molecule has 0 saturated carbocycles. The first-order chi connectivity index (χ1) is 10.7. The maximum Gasteiger partial charge on any atom is 0.231 e. The zero-order valence-electron chi connectivity index (χ0n) is 13.2. The summed E-state index contributed by atoms with van der Waals surface area (Å²) < 4.78 is 13.3. The van der Waals surface area contributed by atoms with Crippen LogP contribution in [0.5, 0.6) is 0 Å². The lowest BCUT2D eigenvalue weighted by atomic mass is 9.95. The van der Waals surface area contributed by atoms with Gasteiger partial charge in [0.15, 0.2) is 0 Å². The molecule has 0 bridgehead atoms. The number of halogens is 1. The van der Waals surface area contributed by atoms with E-state index >= 15 is 0 Å². The first kappa shape index (κ1) is 15.5. The topological polar surface area (TPSA) is 24.8 Å². The zero-order chi connectivity index (χ0) is 15.4. The quantitative estimate of drug-likeness (QED) is 0.902. The third-order valence-corrected chi connectivity index (χ3v) is 4.98. The number of carbonyl (C=O) groups excluding carboxylic acids is 1. The van der Waals surface area contributed by atoms with Crippen LogP contribution in [0.3, 0.4) is 0 Å². The van der Waals surface area contributed by atoms with Crippen molar-refractivity contribution in [2.24, 2.45) is 5.92 Å². The average molecular weight is 305 g/mol. The van der Waals surface area contributed by atoms with Gasteiger partial charge in [-0.25, -0.2) is 4.39 Å². The minimum Gasteiger partial charge on any atom is -0.342 e. The van der Waals surface area contributed by atoms with Crippen molar-refractivity contribution < 1.29 is 14.1 Å². The number of hydrogen-bond donors (Lipinski definition) is 1. The highest BCUT2D eigenvalue weighted by molar-refractivity contribution is 5.79. The molecule has 120 valence electrons. The molecule has 22 heavy (non-hydrogen) atoms. The average Bonchev–Trinajstić information content (AvgIpc) is 2.55. The second-order valence-electron chi connectivity index (χ2n) is 6.74. The molecular formula is C18H26FN2O+. The van der Waals surface area contributed by atoms with Crippen LogP contribution in [0.15, 0.2) is 24.3 Å². The van der Waals surface area contributed by atoms with Gasteiger partial charge in [0.05, 0.1) is 19.0 Å². The molecule has 0 aliphatic carbocycles. The van der Waals surface area contributed by atoms with Crippen LogP contribution >= 0.6 is 0 Å². The number of amides is 1. The lowest BCUT2D eigenvalue weighted by molar-refractivity contribution is -0.921. The predicted octanol–water partition coefficient (Wildman–Crippen LogP) is 1.63. The van der Waals surface area contributed by atoms with Crippen molar-refractivity contribution in [3.63, 3.8) is 0 Å². The largest absolute Gasteiger partial charge is 0.342 e. The Kier molecular flexibility index (Phi) is 5.08. The number of benzene rings is 1. The molecule has 2 fully saturated rings. The molecule has 2 saturated heterocycles. The van der Waals surface area contributed by atoms with E-state index in [0.29, 0.717) is 5.91 Å². The second-order valence-corrected chi connectivity index (χ2v) is 6.74. The predicted molar refractivity (Wildman–Crippen MR) is 84.0 cm³/mol. The van der Waals surface area contributed by atoms with E-state index in [2.05, 4.69) is 4.90 Å². The molecule has 1 aromatic rings. The van der Waals surface area contributed by atoms with Gasteiger partial charge in [0.25, 0.3) is 0 Å². The number of carbonyl (C=O) groups is 1. The number of nitrogens with one attached hydrogen (secondary N) is 1. The Morgan fingerprint density at radius 1 is 1.23 bits per heavy atom. The SMILES string of the molecule is O=C(C1CCC[NH+](Cc2cccc(F)c2)C1)N1CCCCC1. The van der Waals surface area contributed by atoms with Gasteiger partial charge in [-0.2, -0.15) is 0 Å². The molecule has 2 heterocycles. The highest BCUT2D eigenvalue weighted by atomic mass is 19.1. The Bertz CT molecular complexity index is 514. The molecule has 2 aliphatic heterocycles. The summed E-state index contributed by atoms with van der Waals surface area (Å²) in [7, 11) is 0. The Labute approximate surface area is 132 Å². The summed E-state index contributed by atoms with van der Waals surface area (Å²) in [5.74, 6) is 0.349. The number of nitrogens with zero attached hydrogens (tertiary/aromatic N) is 1. The summed E-state index contributed by atoms with van der Waals surface area (Å²) in [5.41, 5.74) is 1.03. The fourth-order valence-corrected chi connectivity index (χ4v) is 3.83. The molecule has 2 atom stereocenters. The minimum atomic E-state index is -0.171. The summed E-state index contributed by atoms with van der Waals surface area (Å²) in [5, 5.41) is 0. The normalized spacial score (nSPS) is 26.0. The first-order valence-electron chi connectivity index (χ1n) is 8.59. The molecule has 3 nitrogen and oxygen atoms in total. The number of rotatable bonds is 3. The van der Waals surface area contributed by atoms with Crippen molar-refractivity contribution in [1.82, 2.24) is 4.90 Å². The van der Waals surface area contributed by atoms with Crippen molar-refractivity contribution in [3.05, 3.63) is 35.6 Å². The van der Waals surface area contributed by atoms with Crippen LogP contribution in [-0.2, 0) is 11.3 Å². The summed E-state index contributed by atoms with van der Waals surface area (Å²) in [6, 6.07) is 6.84. The van der Waals surface area contributed by atoms with Crippen LogP contribution in [0.1, 0.15) is 37.7 Å². The van der Waals surface area contributed by atoms with E-state index in [1.54, 1.807) is 12.1 Å². The lowest BCUT2D eigenvalue weighted by Gasteiger charge is -2.34. The number of hydrogen-bond acceptors (Lipinski definition) is 1. The van der Waals surface area contributed by atoms with E-state index in [1.807, 2.05) is 6.07 Å². The fourth-order valence-electron chi connectivity index (χ4n) is 3.83. The number of likely N-dealkylation sites (tertiary alicyclic amines) is 2. The smallest absolute Gasteiger partial charge is 0.231 e. The minimum absolute atomic E-state index is 0.162. The van der Waals surface area contributed by atoms with Crippen LogP contribution in [0, 0.1) is 11.7 Å². The van der Waals surface area contributed by atoms with E-state index < -0.39 is 0 Å². The Balaban J connectivity index is 1.57. The van der Waals surface area contributed by atoms with Crippen LogP contribution in [-0.4, -0.2) is 37.0 Å². The summed E-state index contributed by atoms with van der Waals surface area (Å²) in [6.07, 6.45) is 5.67. The maximum absolute atomic E-state index is 13.3. The van der Waals surface area contributed by atoms with Crippen LogP contribution < -0.4 is 4.90 Å². The molecule has 4 heteroatoms. The summed E-state index contributed by atoms with van der Waals surface area (Å²) in [4.78, 5) is 16.1. The van der Waals surface area contributed by atoms with Gasteiger partial charge >= 0.3 is 0 Å². The molecule has 1 N–H and O–H groups in total. The van der Waals surface area contributed by atoms with E-state index in [1.165, 1.54) is 17.4 Å². The number of quaternary nitrogens is 1. The Morgan fingerprint density at radius 3 is 2.82 bits per heavy atom. The zero-order valence-corrected chi connectivity index (χ0v) is 13.2. The van der Waals surface area contributed by atoms with Gasteiger partial charge in [-0.1, -0.05) is 12.1 Å². The van der Waals surface area contributed by atoms with E-state index in [9.17, 15) is 9.18 Å². The molecule has 3 rings (SSSR count). The van der Waals surface area contributed by atoms with Gasteiger partial charge in [0, 0.05) is 18.7 Å². The van der Waals surface area contributed by atoms with E-state index in [0.717, 1.165) is 64.0 Å². The molecule has 2 aliphatic rings. The lowest BCUT2D eigenvalue weighted by Crippen LogP contribution is -3.12. The third-order valence-electron chi connectivity index (χ3n) is 4.98. The molecule has 1 aromatic carbocycles. The van der Waals surface area contributed by atoms with Gasteiger partial charge in [0.1, 0.15) is 12.4 Å². The fraction of sp³-hybridized carbons (Fsp3) is 0.611. The third kappa shape index (κ3) is 3.86. The van der Waals surface area contributed by atoms with Crippen molar-refractivity contribution in [1.29, 1.82) is 0 Å². The summed E-state index contributed by atoms with van der Waals surface area (Å²) >= 11 is 0. The van der Waals surface area contributed by atoms with Gasteiger partial charge < -0.3 is 9.80 Å². The molecule has 2 unspecified atom stereocenters. The Morgan fingerprint density at radius 2 is 2.05 bits per heavy atom. The second kappa shape index (κ2) is 7.23. The molecule has 0 aromatic heterocycles. The Hall–Kier alpha value is -1.42. The van der Waals surface area contributed by atoms with Crippen molar-refractivity contribution in [3.8, 4) is 0 Å². The van der Waals surface area contributed by atoms with Crippen LogP contribution in [0.2, 0.25) is 0 Å². The standard InChI is InChI=1S/C18H25FN2O/c19-17-8-4-6-15(12-17)13-20-9-5-7-16(14-20)18(22)21-10-2-1-3-11-21/h4,6,8,12,16H,1-3,5,7,9-11,13-14H2/p+1. The van der Waals surface area contributed by atoms with Crippen LogP contribution in [0.25, 0.3) is 0 Å². The van der Waals surface area contributed by atoms with Crippen molar-refractivity contribution in [2.45, 2.75) is 38.6 Å². The van der Waals surface area contributed by atoms with E-state index in [-0.39, 0.29) is 11.7 Å². The van der Waals surface area contributed by atoms with Gasteiger partial charge in [-0.05, 0) is 44.2 Å². The van der Waals surface area contributed by atoms with Gasteiger partial charge in [-0.3, -0.25) is 4.79 Å². The highest BCUT2D eigenvalue weighted by Crippen LogP contribution is 2.16. The van der Waals surface area contributed by atoms with E-state index in [4.69, 9.17) is 0 Å². The monoisotopic (exact) mass is 305 g/mol. The maximum atomic E-state index is 13.3. The highest BCUT2D eigenvalue weighted by Gasteiger charge is 2.32. The first-order valence-corrected chi connectivity index (χ1v) is 8.59. The molecule has 0 radical (unpaired) electrons. The molecule has 0 spiro atoms. The van der Waals surface area contributed by atoms with Crippen molar-refractivity contribution >= 4 is 5.91 Å². The molecular weight excluding hydrogens is 279 g/mol.